The molecule has 0 spiro atoms. The number of allylic oxidation sites excluding steroid dienone is 1. The molecule has 4 heterocycles. The normalized spacial score (nSPS) is 15.4. The highest BCUT2D eigenvalue weighted by Gasteiger charge is 2.30. The number of carbonyl (C=O) groups is 3. The number of aromatic nitrogens is 3. The molecule has 3 N–H and O–H groups in total. The van der Waals surface area contributed by atoms with Crippen molar-refractivity contribution in [2.75, 3.05) is 57.7 Å². The fourth-order valence-electron chi connectivity index (χ4n) is 8.61. The SMILES string of the molecule is C=C/C=c1/c(Cc2ccc(F)c(C(=O)N3CCN(CC4CCN(C(=O)c5ncc(-c6cccc(CC)c6)cc5NC(=O)CNCc5cccc(C)c5)CC4)CC3)c2)n[nH]c(=O)/c1=C/C. The monoisotopic (exact) mass is 864 g/mol. The number of halogens is 1. The van der Waals surface area contributed by atoms with Gasteiger partial charge in [0.05, 0.1) is 23.5 Å². The molecule has 13 heteroatoms. The van der Waals surface area contributed by atoms with Crippen molar-refractivity contribution in [2.45, 2.75) is 53.0 Å². The molecule has 2 saturated heterocycles. The highest BCUT2D eigenvalue weighted by molar-refractivity contribution is 6.03. The smallest absolute Gasteiger partial charge is 0.274 e. The molecule has 2 aliphatic heterocycles. The van der Waals surface area contributed by atoms with Gasteiger partial charge in [0.15, 0.2) is 5.69 Å². The van der Waals surface area contributed by atoms with Gasteiger partial charge in [-0.2, -0.15) is 5.10 Å². The molecular weight excluding hydrogens is 808 g/mol. The number of piperidine rings is 1. The van der Waals surface area contributed by atoms with Crippen LogP contribution in [-0.2, 0) is 24.2 Å². The van der Waals surface area contributed by atoms with Crippen molar-refractivity contribution >= 4 is 35.6 Å². The molecule has 2 fully saturated rings. The largest absolute Gasteiger partial charge is 0.337 e. The predicted molar refractivity (Wildman–Crippen MR) is 250 cm³/mol. The van der Waals surface area contributed by atoms with Gasteiger partial charge in [0.1, 0.15) is 5.82 Å². The second-order valence-corrected chi connectivity index (χ2v) is 16.7. The van der Waals surface area contributed by atoms with E-state index in [2.05, 4.69) is 62.4 Å². The Bertz CT molecular complexity index is 2700. The summed E-state index contributed by atoms with van der Waals surface area (Å²) in [6.07, 6.45) is 9.53. The number of rotatable bonds is 14. The number of likely N-dealkylation sites (tertiary alicyclic amines) is 1. The molecule has 0 bridgehead atoms. The summed E-state index contributed by atoms with van der Waals surface area (Å²) in [6.45, 7) is 14.5. The first-order valence-electron chi connectivity index (χ1n) is 22.1. The Labute approximate surface area is 373 Å². The predicted octanol–water partition coefficient (Wildman–Crippen LogP) is 5.24. The molecule has 3 amide bonds. The zero-order valence-electron chi connectivity index (χ0n) is 37.0. The molecule has 12 nitrogen and oxygen atoms in total. The minimum Gasteiger partial charge on any atom is -0.337 e. The minimum absolute atomic E-state index is 0.0104. The highest BCUT2D eigenvalue weighted by Crippen LogP contribution is 2.28. The van der Waals surface area contributed by atoms with E-state index >= 15 is 4.39 Å². The average Bonchev–Trinajstić information content (AvgIpc) is 3.30. The van der Waals surface area contributed by atoms with Gasteiger partial charge in [-0.3, -0.25) is 24.1 Å². The van der Waals surface area contributed by atoms with E-state index in [1.165, 1.54) is 11.6 Å². The van der Waals surface area contributed by atoms with Gasteiger partial charge < -0.3 is 20.4 Å². The number of amides is 3. The first-order chi connectivity index (χ1) is 31.0. The van der Waals surface area contributed by atoms with E-state index in [9.17, 15) is 19.2 Å². The number of aromatic amines is 1. The van der Waals surface area contributed by atoms with Crippen molar-refractivity contribution < 1.29 is 18.8 Å². The Balaban J connectivity index is 0.943. The van der Waals surface area contributed by atoms with Crippen LogP contribution in [0.3, 0.4) is 0 Å². The lowest BCUT2D eigenvalue weighted by Gasteiger charge is -2.39. The summed E-state index contributed by atoms with van der Waals surface area (Å²) in [7, 11) is 0. The number of hydrogen-bond donors (Lipinski definition) is 3. The van der Waals surface area contributed by atoms with Crippen molar-refractivity contribution in [3.63, 3.8) is 0 Å². The topological polar surface area (TPSA) is 144 Å². The number of aryl methyl sites for hydroxylation is 2. The molecule has 0 unspecified atom stereocenters. The molecule has 0 aliphatic carbocycles. The number of benzene rings is 3. The van der Waals surface area contributed by atoms with E-state index in [0.717, 1.165) is 48.1 Å². The minimum atomic E-state index is -0.583. The van der Waals surface area contributed by atoms with E-state index in [1.807, 2.05) is 48.2 Å². The van der Waals surface area contributed by atoms with Crippen LogP contribution in [0.1, 0.15) is 75.5 Å². The lowest BCUT2D eigenvalue weighted by Crippen LogP contribution is -2.51. The van der Waals surface area contributed by atoms with Crippen molar-refractivity contribution in [3.8, 4) is 11.1 Å². The van der Waals surface area contributed by atoms with Gasteiger partial charge >= 0.3 is 0 Å². The van der Waals surface area contributed by atoms with Gasteiger partial charge in [0, 0.05) is 81.0 Å². The molecule has 0 atom stereocenters. The van der Waals surface area contributed by atoms with Crippen LogP contribution in [-0.4, -0.2) is 100.0 Å². The first-order valence-corrected chi connectivity index (χ1v) is 22.1. The van der Waals surface area contributed by atoms with Gasteiger partial charge in [-0.1, -0.05) is 91.9 Å². The number of nitrogens with one attached hydrogen (secondary N) is 3. The highest BCUT2D eigenvalue weighted by atomic mass is 19.1. The van der Waals surface area contributed by atoms with Crippen molar-refractivity contribution in [1.29, 1.82) is 0 Å². The second-order valence-electron chi connectivity index (χ2n) is 16.7. The molecule has 0 radical (unpaired) electrons. The Kier molecular flexibility index (Phi) is 15.1. The van der Waals surface area contributed by atoms with Crippen LogP contribution in [0.25, 0.3) is 23.3 Å². The molecule has 64 heavy (non-hydrogen) atoms. The number of nitrogens with zero attached hydrogens (tertiary/aromatic N) is 5. The number of carbonyl (C=O) groups excluding carboxylic acids is 3. The van der Waals surface area contributed by atoms with Crippen LogP contribution in [0.5, 0.6) is 0 Å². The molecule has 7 rings (SSSR count). The van der Waals surface area contributed by atoms with E-state index in [1.54, 1.807) is 48.4 Å². The third-order valence-corrected chi connectivity index (χ3v) is 12.2. The van der Waals surface area contributed by atoms with Crippen LogP contribution in [0.2, 0.25) is 0 Å². The summed E-state index contributed by atoms with van der Waals surface area (Å²) in [5.41, 5.74) is 6.79. The average molecular weight is 865 g/mol. The Morgan fingerprint density at radius 3 is 2.36 bits per heavy atom. The number of pyridine rings is 1. The maximum Gasteiger partial charge on any atom is 0.274 e. The number of piperazine rings is 1. The van der Waals surface area contributed by atoms with E-state index < -0.39 is 5.82 Å². The number of H-pyrrole nitrogens is 1. The number of anilines is 1. The molecule has 5 aromatic rings. The molecule has 0 saturated carbocycles. The van der Waals surface area contributed by atoms with Crippen LogP contribution < -0.4 is 26.6 Å². The zero-order chi connectivity index (χ0) is 45.2. The van der Waals surface area contributed by atoms with Crippen molar-refractivity contribution in [2.24, 2.45) is 5.92 Å². The third kappa shape index (κ3) is 11.1. The number of hydrogen-bond acceptors (Lipinski definition) is 8. The van der Waals surface area contributed by atoms with Gasteiger partial charge in [0.25, 0.3) is 17.4 Å². The lowest BCUT2D eigenvalue weighted by atomic mass is 9.95. The van der Waals surface area contributed by atoms with Gasteiger partial charge in [-0.15, -0.1) is 0 Å². The van der Waals surface area contributed by atoms with E-state index in [4.69, 9.17) is 0 Å². The molecular formula is C51H57FN8O4. The Hall–Kier alpha value is -6.57. The van der Waals surface area contributed by atoms with Crippen LogP contribution in [0.15, 0.2) is 96.4 Å². The summed E-state index contributed by atoms with van der Waals surface area (Å²) in [5, 5.41) is 14.1. The van der Waals surface area contributed by atoms with Crippen molar-refractivity contribution in [3.05, 3.63) is 157 Å². The molecule has 2 aromatic heterocycles. The fraction of sp³-hybridized carbons (Fsp3) is 0.333. The summed E-state index contributed by atoms with van der Waals surface area (Å²) in [5.74, 6) is -1.06. The summed E-state index contributed by atoms with van der Waals surface area (Å²) >= 11 is 0. The Morgan fingerprint density at radius 1 is 0.875 bits per heavy atom. The van der Waals surface area contributed by atoms with E-state index in [-0.39, 0.29) is 47.5 Å². The van der Waals surface area contributed by atoms with Crippen molar-refractivity contribution in [1.82, 2.24) is 35.2 Å². The quantitative estimate of drug-likeness (QED) is 0.138. The second kappa shape index (κ2) is 21.2. The third-order valence-electron chi connectivity index (χ3n) is 12.2. The van der Waals surface area contributed by atoms with E-state index in [0.29, 0.717) is 79.1 Å². The van der Waals surface area contributed by atoms with Crippen LogP contribution in [0, 0.1) is 18.7 Å². The zero-order valence-corrected chi connectivity index (χ0v) is 37.0. The molecule has 332 valence electrons. The fourth-order valence-corrected chi connectivity index (χ4v) is 8.61. The van der Waals surface area contributed by atoms with Crippen LogP contribution in [0.4, 0.5) is 10.1 Å². The summed E-state index contributed by atoms with van der Waals surface area (Å²) in [4.78, 5) is 64.0. The van der Waals surface area contributed by atoms with Gasteiger partial charge in [-0.25, -0.2) is 14.5 Å². The molecule has 2 aliphatic rings. The summed E-state index contributed by atoms with van der Waals surface area (Å²) in [6, 6.07) is 22.7. The maximum absolute atomic E-state index is 15.2. The van der Waals surface area contributed by atoms with Crippen LogP contribution >= 0.6 is 0 Å². The lowest BCUT2D eigenvalue weighted by molar-refractivity contribution is -0.115. The molecule has 3 aromatic carbocycles. The maximum atomic E-state index is 15.2. The standard InChI is InChI=1S/C51H57FN8O4/c1-5-10-42-41(7-3)49(62)57-56-45(42)28-37-15-16-44(52)43(27-37)50(63)60-23-21-58(22-24-60)33-36-17-19-59(20-18-36)51(64)48-46(29-40(31-54-48)39-14-9-12-35(6-2)26-39)55-47(61)32-53-30-38-13-8-11-34(4)25-38/h5,7-16,25-27,29,31,36,53H,1,6,17-24,28,30,32-33H2,2-4H3,(H,55,61)(H,57,62)/b41-7+,42-10+. The Morgan fingerprint density at radius 2 is 1.62 bits per heavy atom. The van der Waals surface area contributed by atoms with Gasteiger partial charge in [-0.05, 0) is 79.5 Å². The first kappa shape index (κ1) is 45.5. The van der Waals surface area contributed by atoms with Gasteiger partial charge in [0.2, 0.25) is 5.91 Å². The summed E-state index contributed by atoms with van der Waals surface area (Å²) < 4.78 is 15.2.